The van der Waals surface area contributed by atoms with Gasteiger partial charge in [0.1, 0.15) is 5.82 Å². The highest BCUT2D eigenvalue weighted by molar-refractivity contribution is 6.31. The minimum atomic E-state index is -0.473. The molecule has 1 aromatic carbocycles. The molecular formula is C15H18ClFN2O2. The topological polar surface area (TPSA) is 41.6 Å². The standard InChI is InChI=1S/C15H18ClFN2O2/c1-9-13(5-7-21-9)18-14-4-6-19(15(14)20)10-2-3-12(17)11(16)8-10/h2-3,8-9,13-14,18H,4-7H2,1H3/t9-,13-,14-/m0/s1. The molecule has 3 atom stereocenters. The van der Waals surface area contributed by atoms with E-state index < -0.39 is 5.82 Å². The number of nitrogens with one attached hydrogen (secondary N) is 1. The van der Waals surface area contributed by atoms with Crippen molar-refractivity contribution in [1.29, 1.82) is 0 Å². The van der Waals surface area contributed by atoms with Gasteiger partial charge in [0.25, 0.3) is 0 Å². The molecule has 0 bridgehead atoms. The van der Waals surface area contributed by atoms with Crippen LogP contribution in [0.4, 0.5) is 10.1 Å². The van der Waals surface area contributed by atoms with E-state index in [-0.39, 0.29) is 29.1 Å². The molecule has 3 rings (SSSR count). The first-order chi connectivity index (χ1) is 10.1. The second kappa shape index (κ2) is 5.91. The fourth-order valence-corrected chi connectivity index (χ4v) is 3.13. The molecule has 2 saturated heterocycles. The average Bonchev–Trinajstić information content (AvgIpc) is 3.02. The average molecular weight is 313 g/mol. The highest BCUT2D eigenvalue weighted by atomic mass is 35.5. The lowest BCUT2D eigenvalue weighted by atomic mass is 10.1. The summed E-state index contributed by atoms with van der Waals surface area (Å²) in [7, 11) is 0. The lowest BCUT2D eigenvalue weighted by Crippen LogP contribution is -2.46. The van der Waals surface area contributed by atoms with E-state index in [2.05, 4.69) is 5.32 Å². The molecule has 1 N–H and O–H groups in total. The summed E-state index contributed by atoms with van der Waals surface area (Å²) in [6.45, 7) is 3.36. The van der Waals surface area contributed by atoms with Crippen molar-refractivity contribution in [1.82, 2.24) is 5.32 Å². The van der Waals surface area contributed by atoms with Gasteiger partial charge < -0.3 is 15.0 Å². The molecule has 114 valence electrons. The summed E-state index contributed by atoms with van der Waals surface area (Å²) in [4.78, 5) is 14.1. The van der Waals surface area contributed by atoms with Gasteiger partial charge in [0, 0.05) is 24.9 Å². The van der Waals surface area contributed by atoms with Crippen molar-refractivity contribution in [2.75, 3.05) is 18.1 Å². The molecule has 0 spiro atoms. The quantitative estimate of drug-likeness (QED) is 0.931. The number of nitrogens with zero attached hydrogens (tertiary/aromatic N) is 1. The fourth-order valence-electron chi connectivity index (χ4n) is 2.95. The van der Waals surface area contributed by atoms with Crippen LogP contribution in [-0.2, 0) is 9.53 Å². The molecule has 0 unspecified atom stereocenters. The van der Waals surface area contributed by atoms with E-state index in [1.54, 1.807) is 11.0 Å². The number of amides is 1. The number of ether oxygens (including phenoxy) is 1. The second-order valence-corrected chi connectivity index (χ2v) is 5.97. The van der Waals surface area contributed by atoms with Crippen molar-refractivity contribution in [3.8, 4) is 0 Å². The van der Waals surface area contributed by atoms with Crippen LogP contribution in [0.1, 0.15) is 19.8 Å². The summed E-state index contributed by atoms with van der Waals surface area (Å²) >= 11 is 5.79. The summed E-state index contributed by atoms with van der Waals surface area (Å²) in [5.41, 5.74) is 0.645. The number of carbonyl (C=O) groups is 1. The first kappa shape index (κ1) is 14.8. The summed E-state index contributed by atoms with van der Waals surface area (Å²) in [6.07, 6.45) is 1.79. The molecule has 0 aliphatic carbocycles. The van der Waals surface area contributed by atoms with Crippen LogP contribution in [0.3, 0.4) is 0 Å². The molecule has 0 radical (unpaired) electrons. The molecule has 4 nitrogen and oxygen atoms in total. The molecule has 2 fully saturated rings. The van der Waals surface area contributed by atoms with Gasteiger partial charge in [0.15, 0.2) is 0 Å². The Labute approximate surface area is 128 Å². The van der Waals surface area contributed by atoms with Gasteiger partial charge >= 0.3 is 0 Å². The first-order valence-electron chi connectivity index (χ1n) is 7.20. The maximum Gasteiger partial charge on any atom is 0.244 e. The number of rotatable bonds is 3. The van der Waals surface area contributed by atoms with Gasteiger partial charge in [-0.05, 0) is 38.0 Å². The third-order valence-electron chi connectivity index (χ3n) is 4.21. The maximum atomic E-state index is 13.2. The molecule has 6 heteroatoms. The molecule has 21 heavy (non-hydrogen) atoms. The van der Waals surface area contributed by atoms with Gasteiger partial charge in [0.2, 0.25) is 5.91 Å². The van der Waals surface area contributed by atoms with Gasteiger partial charge in [0.05, 0.1) is 17.2 Å². The highest BCUT2D eigenvalue weighted by Gasteiger charge is 2.36. The van der Waals surface area contributed by atoms with E-state index in [1.807, 2.05) is 6.92 Å². The zero-order chi connectivity index (χ0) is 15.0. The molecular weight excluding hydrogens is 295 g/mol. The highest BCUT2D eigenvalue weighted by Crippen LogP contribution is 2.27. The summed E-state index contributed by atoms with van der Waals surface area (Å²) in [5, 5.41) is 3.42. The van der Waals surface area contributed by atoms with Gasteiger partial charge in [-0.15, -0.1) is 0 Å². The van der Waals surface area contributed by atoms with Gasteiger partial charge in [-0.2, -0.15) is 0 Å². The predicted octanol–water partition coefficient (Wildman–Crippen LogP) is 2.35. The van der Waals surface area contributed by atoms with Crippen LogP contribution in [0.25, 0.3) is 0 Å². The molecule has 2 heterocycles. The Hall–Kier alpha value is -1.17. The summed E-state index contributed by atoms with van der Waals surface area (Å²) in [6, 6.07) is 4.39. The first-order valence-corrected chi connectivity index (χ1v) is 7.58. The van der Waals surface area contributed by atoms with Crippen LogP contribution in [0.5, 0.6) is 0 Å². The normalized spacial score (nSPS) is 29.4. The Morgan fingerprint density at radius 1 is 1.43 bits per heavy atom. The lowest BCUT2D eigenvalue weighted by Gasteiger charge is -2.21. The van der Waals surface area contributed by atoms with Crippen LogP contribution < -0.4 is 10.2 Å². The lowest BCUT2D eigenvalue weighted by molar-refractivity contribution is -0.119. The van der Waals surface area contributed by atoms with Crippen molar-refractivity contribution < 1.29 is 13.9 Å². The van der Waals surface area contributed by atoms with Gasteiger partial charge in [-0.1, -0.05) is 11.6 Å². The number of carbonyl (C=O) groups excluding carboxylic acids is 1. The Morgan fingerprint density at radius 3 is 2.90 bits per heavy atom. The minimum Gasteiger partial charge on any atom is -0.377 e. The molecule has 0 aromatic heterocycles. The smallest absolute Gasteiger partial charge is 0.244 e. The largest absolute Gasteiger partial charge is 0.377 e. The third kappa shape index (κ3) is 2.91. The van der Waals surface area contributed by atoms with Crippen LogP contribution in [0.2, 0.25) is 5.02 Å². The SMILES string of the molecule is C[C@@H]1OCC[C@@H]1N[C@H]1CCN(c2ccc(F)c(Cl)c2)C1=O. The number of hydrogen-bond acceptors (Lipinski definition) is 3. The molecule has 1 amide bonds. The Bertz CT molecular complexity index is 554. The van der Waals surface area contributed by atoms with Crippen LogP contribution in [0.15, 0.2) is 18.2 Å². The maximum absolute atomic E-state index is 13.2. The van der Waals surface area contributed by atoms with E-state index in [1.165, 1.54) is 12.1 Å². The number of hydrogen-bond donors (Lipinski definition) is 1. The number of anilines is 1. The minimum absolute atomic E-state index is 0.0109. The van der Waals surface area contributed by atoms with Crippen LogP contribution in [0, 0.1) is 5.82 Å². The zero-order valence-electron chi connectivity index (χ0n) is 11.8. The summed E-state index contributed by atoms with van der Waals surface area (Å²) in [5.74, 6) is -0.463. The predicted molar refractivity (Wildman–Crippen MR) is 79.1 cm³/mol. The monoisotopic (exact) mass is 312 g/mol. The molecule has 0 saturated carbocycles. The van der Waals surface area contributed by atoms with E-state index in [0.717, 1.165) is 19.4 Å². The van der Waals surface area contributed by atoms with E-state index in [4.69, 9.17) is 16.3 Å². The van der Waals surface area contributed by atoms with Crippen molar-refractivity contribution in [2.24, 2.45) is 0 Å². The molecule has 1 aromatic rings. The van der Waals surface area contributed by atoms with Crippen molar-refractivity contribution in [2.45, 2.75) is 38.0 Å². The third-order valence-corrected chi connectivity index (χ3v) is 4.50. The zero-order valence-corrected chi connectivity index (χ0v) is 12.6. The van der Waals surface area contributed by atoms with Gasteiger partial charge in [-0.25, -0.2) is 4.39 Å². The van der Waals surface area contributed by atoms with Crippen LogP contribution >= 0.6 is 11.6 Å². The van der Waals surface area contributed by atoms with E-state index in [9.17, 15) is 9.18 Å². The molecule has 2 aliphatic heterocycles. The van der Waals surface area contributed by atoms with Crippen molar-refractivity contribution in [3.05, 3.63) is 29.0 Å². The van der Waals surface area contributed by atoms with E-state index >= 15 is 0 Å². The number of benzene rings is 1. The molecule has 2 aliphatic rings. The van der Waals surface area contributed by atoms with E-state index in [0.29, 0.717) is 12.2 Å². The van der Waals surface area contributed by atoms with Crippen molar-refractivity contribution in [3.63, 3.8) is 0 Å². The fraction of sp³-hybridized carbons (Fsp3) is 0.533. The Morgan fingerprint density at radius 2 is 2.24 bits per heavy atom. The number of halogens is 2. The Kier molecular flexibility index (Phi) is 4.15. The Balaban J connectivity index is 1.69. The summed E-state index contributed by atoms with van der Waals surface area (Å²) < 4.78 is 18.7. The van der Waals surface area contributed by atoms with Crippen LogP contribution in [-0.4, -0.2) is 37.2 Å². The second-order valence-electron chi connectivity index (χ2n) is 5.57. The van der Waals surface area contributed by atoms with Crippen molar-refractivity contribution >= 4 is 23.2 Å². The van der Waals surface area contributed by atoms with Gasteiger partial charge in [-0.3, -0.25) is 4.79 Å².